The van der Waals surface area contributed by atoms with Crippen LogP contribution in [0.15, 0.2) is 41.8 Å². The highest BCUT2D eigenvalue weighted by atomic mass is 35.5. The van der Waals surface area contributed by atoms with Gasteiger partial charge in [0.1, 0.15) is 0 Å². The van der Waals surface area contributed by atoms with Crippen molar-refractivity contribution in [1.82, 2.24) is 4.98 Å². The molecule has 0 N–H and O–H groups in total. The molecule has 4 rings (SSSR count). The van der Waals surface area contributed by atoms with Crippen molar-refractivity contribution < 1.29 is 23.8 Å². The molecular formula is C25H23ClN2O5S. The van der Waals surface area contributed by atoms with E-state index in [1.165, 1.54) is 26.4 Å². The van der Waals surface area contributed by atoms with E-state index in [0.29, 0.717) is 28.6 Å². The van der Waals surface area contributed by atoms with E-state index in [9.17, 15) is 9.59 Å². The van der Waals surface area contributed by atoms with Gasteiger partial charge in [-0.3, -0.25) is 4.79 Å². The number of fused-ring (bicyclic) bond motifs is 1. The Kier molecular flexibility index (Phi) is 7.19. The Hall–Kier alpha value is -3.36. The van der Waals surface area contributed by atoms with E-state index < -0.39 is 5.97 Å². The third-order valence-corrected chi connectivity index (χ3v) is 6.45. The molecule has 1 aliphatic heterocycles. The summed E-state index contributed by atoms with van der Waals surface area (Å²) in [5.41, 5.74) is 4.52. The highest BCUT2D eigenvalue weighted by Crippen LogP contribution is 2.36. The molecule has 0 bridgehead atoms. The van der Waals surface area contributed by atoms with Crippen LogP contribution in [0.1, 0.15) is 16.1 Å². The van der Waals surface area contributed by atoms with Gasteiger partial charge < -0.3 is 19.1 Å². The minimum absolute atomic E-state index is 0.271. The van der Waals surface area contributed by atoms with Crippen LogP contribution in [0.4, 0.5) is 5.69 Å². The summed E-state index contributed by atoms with van der Waals surface area (Å²) in [6.07, 6.45) is 3.52. The summed E-state index contributed by atoms with van der Waals surface area (Å²) >= 11 is 7.79. The van der Waals surface area contributed by atoms with Gasteiger partial charge in [0.2, 0.25) is 0 Å². The van der Waals surface area contributed by atoms with Gasteiger partial charge in [-0.1, -0.05) is 17.7 Å². The summed E-state index contributed by atoms with van der Waals surface area (Å²) in [5.74, 6) is -0.0481. The molecule has 0 atom stereocenters. The molecule has 1 aliphatic rings. The molecule has 2 aromatic carbocycles. The molecule has 176 valence electrons. The standard InChI is InChI=1S/C25H23ClN2O5S/c1-15-27-20(14-34-15)17-5-6-21-18(12-17)8-9-28(21)23(29)13-33-24(30)7-4-16-10-19(26)25(32-3)22(11-16)31-2/h4-7,10-12,14H,8-9,13H2,1-3H3/b7-4+. The van der Waals surface area contributed by atoms with Crippen LogP contribution < -0.4 is 14.4 Å². The Morgan fingerprint density at radius 3 is 2.74 bits per heavy atom. The van der Waals surface area contributed by atoms with Crippen molar-refractivity contribution in [3.05, 3.63) is 62.9 Å². The second kappa shape index (κ2) is 10.3. The number of thiazole rings is 1. The molecule has 34 heavy (non-hydrogen) atoms. The number of nitrogens with zero attached hydrogens (tertiary/aromatic N) is 2. The van der Waals surface area contributed by atoms with E-state index in [-0.39, 0.29) is 12.5 Å². The number of benzene rings is 2. The van der Waals surface area contributed by atoms with Crippen molar-refractivity contribution in [2.45, 2.75) is 13.3 Å². The average Bonchev–Trinajstić information content (AvgIpc) is 3.46. The summed E-state index contributed by atoms with van der Waals surface area (Å²) in [4.78, 5) is 31.1. The van der Waals surface area contributed by atoms with Crippen molar-refractivity contribution in [1.29, 1.82) is 0 Å². The molecule has 0 fully saturated rings. The van der Waals surface area contributed by atoms with Crippen LogP contribution in [0.3, 0.4) is 0 Å². The maximum absolute atomic E-state index is 12.7. The minimum Gasteiger partial charge on any atom is -0.493 e. The number of aromatic nitrogens is 1. The maximum Gasteiger partial charge on any atom is 0.331 e. The first-order chi connectivity index (χ1) is 16.4. The predicted octanol–water partition coefficient (Wildman–Crippen LogP) is 4.93. The molecule has 7 nitrogen and oxygen atoms in total. The fraction of sp³-hybridized carbons (Fsp3) is 0.240. The zero-order valence-corrected chi connectivity index (χ0v) is 20.5. The smallest absolute Gasteiger partial charge is 0.331 e. The third-order valence-electron chi connectivity index (χ3n) is 5.40. The molecule has 2 heterocycles. The van der Waals surface area contributed by atoms with Crippen molar-refractivity contribution in [3.63, 3.8) is 0 Å². The molecule has 0 saturated carbocycles. The van der Waals surface area contributed by atoms with Gasteiger partial charge in [-0.15, -0.1) is 11.3 Å². The molecule has 0 spiro atoms. The molecule has 0 saturated heterocycles. The number of ether oxygens (including phenoxy) is 3. The number of rotatable bonds is 7. The van der Waals surface area contributed by atoms with Crippen LogP contribution in [0, 0.1) is 6.92 Å². The number of anilines is 1. The summed E-state index contributed by atoms with van der Waals surface area (Å²) in [6, 6.07) is 9.27. The first-order valence-electron chi connectivity index (χ1n) is 10.5. The highest BCUT2D eigenvalue weighted by Gasteiger charge is 2.25. The quantitative estimate of drug-likeness (QED) is 0.339. The normalized spacial score (nSPS) is 12.6. The second-order valence-corrected chi connectivity index (χ2v) is 9.04. The molecule has 3 aromatic rings. The van der Waals surface area contributed by atoms with Gasteiger partial charge >= 0.3 is 5.97 Å². The third kappa shape index (κ3) is 5.08. The number of aryl methyl sites for hydroxylation is 1. The number of amides is 1. The molecule has 0 radical (unpaired) electrons. The Balaban J connectivity index is 1.37. The number of hydrogen-bond acceptors (Lipinski definition) is 7. The molecule has 1 amide bonds. The summed E-state index contributed by atoms with van der Waals surface area (Å²) in [5, 5.41) is 3.39. The maximum atomic E-state index is 12.7. The lowest BCUT2D eigenvalue weighted by Crippen LogP contribution is -2.33. The Bertz CT molecular complexity index is 1270. The first kappa shape index (κ1) is 23.8. The zero-order valence-electron chi connectivity index (χ0n) is 19.0. The highest BCUT2D eigenvalue weighted by molar-refractivity contribution is 7.09. The Morgan fingerprint density at radius 2 is 2.03 bits per heavy atom. The summed E-state index contributed by atoms with van der Waals surface area (Å²) in [6.45, 7) is 2.18. The number of hydrogen-bond donors (Lipinski definition) is 0. The monoisotopic (exact) mass is 498 g/mol. The van der Waals surface area contributed by atoms with Crippen LogP contribution in [0.5, 0.6) is 11.5 Å². The lowest BCUT2D eigenvalue weighted by molar-refractivity contribution is -0.142. The number of halogens is 1. The first-order valence-corrected chi connectivity index (χ1v) is 11.8. The SMILES string of the molecule is COc1cc(/C=C/C(=O)OCC(=O)N2CCc3cc(-c4csc(C)n4)ccc32)cc(Cl)c1OC. The molecule has 0 aliphatic carbocycles. The topological polar surface area (TPSA) is 78.0 Å². The van der Waals surface area contributed by atoms with E-state index >= 15 is 0 Å². The van der Waals surface area contributed by atoms with Gasteiger partial charge in [0.15, 0.2) is 18.1 Å². The number of esters is 1. The lowest BCUT2D eigenvalue weighted by Gasteiger charge is -2.17. The van der Waals surface area contributed by atoms with Crippen molar-refractivity contribution in [3.8, 4) is 22.8 Å². The number of carbonyl (C=O) groups excluding carboxylic acids is 2. The van der Waals surface area contributed by atoms with Gasteiger partial charge in [-0.05, 0) is 54.8 Å². The number of carbonyl (C=O) groups is 2. The van der Waals surface area contributed by atoms with Gasteiger partial charge in [0, 0.05) is 29.3 Å². The van der Waals surface area contributed by atoms with Crippen LogP contribution in [0.2, 0.25) is 5.02 Å². The summed E-state index contributed by atoms with van der Waals surface area (Å²) in [7, 11) is 2.99. The van der Waals surface area contributed by atoms with Crippen LogP contribution in [-0.2, 0) is 20.7 Å². The van der Waals surface area contributed by atoms with Crippen molar-refractivity contribution in [2.75, 3.05) is 32.3 Å². The van der Waals surface area contributed by atoms with Crippen molar-refractivity contribution >= 4 is 46.6 Å². The van der Waals surface area contributed by atoms with Gasteiger partial charge in [0.05, 0.1) is 29.9 Å². The van der Waals surface area contributed by atoms with Crippen LogP contribution in [-0.4, -0.2) is 44.2 Å². The average molecular weight is 499 g/mol. The molecular weight excluding hydrogens is 476 g/mol. The largest absolute Gasteiger partial charge is 0.493 e. The molecule has 1 aromatic heterocycles. The minimum atomic E-state index is -0.632. The molecule has 0 unspecified atom stereocenters. The fourth-order valence-corrected chi connectivity index (χ4v) is 4.69. The number of methoxy groups -OCH3 is 2. The van der Waals surface area contributed by atoms with E-state index in [0.717, 1.165) is 33.9 Å². The van der Waals surface area contributed by atoms with Crippen LogP contribution >= 0.6 is 22.9 Å². The Labute approximate surface area is 206 Å². The van der Waals surface area contributed by atoms with E-state index in [2.05, 4.69) is 11.1 Å². The zero-order chi connectivity index (χ0) is 24.2. The van der Waals surface area contributed by atoms with Gasteiger partial charge in [-0.2, -0.15) is 0 Å². The van der Waals surface area contributed by atoms with Crippen molar-refractivity contribution in [2.24, 2.45) is 0 Å². The van der Waals surface area contributed by atoms with E-state index in [1.54, 1.807) is 28.4 Å². The van der Waals surface area contributed by atoms with E-state index in [4.69, 9.17) is 25.8 Å². The van der Waals surface area contributed by atoms with E-state index in [1.807, 2.05) is 24.4 Å². The van der Waals surface area contributed by atoms with Crippen LogP contribution in [0.25, 0.3) is 17.3 Å². The fourth-order valence-electron chi connectivity index (χ4n) is 3.77. The van der Waals surface area contributed by atoms with Gasteiger partial charge in [-0.25, -0.2) is 9.78 Å². The predicted molar refractivity (Wildman–Crippen MR) is 133 cm³/mol. The Morgan fingerprint density at radius 1 is 1.21 bits per heavy atom. The lowest BCUT2D eigenvalue weighted by atomic mass is 10.1. The molecule has 9 heteroatoms. The van der Waals surface area contributed by atoms with Gasteiger partial charge in [0.25, 0.3) is 5.91 Å². The second-order valence-electron chi connectivity index (χ2n) is 7.57. The summed E-state index contributed by atoms with van der Waals surface area (Å²) < 4.78 is 15.6.